The van der Waals surface area contributed by atoms with Gasteiger partial charge in [-0.2, -0.15) is 15.4 Å². The first-order chi connectivity index (χ1) is 6.70. The van der Waals surface area contributed by atoms with Gasteiger partial charge in [0.15, 0.2) is 11.4 Å². The SMILES string of the molecule is Cc1cn[nH]n1.O=[N+]([O-])n1ccnc1. The number of aryl methyl sites for hydroxylation is 1. The Hall–Kier alpha value is -2.25. The van der Waals surface area contributed by atoms with Crippen LogP contribution in [0.2, 0.25) is 0 Å². The van der Waals surface area contributed by atoms with Gasteiger partial charge < -0.3 is 0 Å². The average Bonchev–Trinajstić information content (AvgIpc) is 2.75. The maximum Gasteiger partial charge on any atom is 0.170 e. The topological polar surface area (TPSA) is 103 Å². The lowest BCUT2D eigenvalue weighted by molar-refractivity contribution is -0.542. The zero-order chi connectivity index (χ0) is 10.4. The van der Waals surface area contributed by atoms with Gasteiger partial charge in [-0.05, 0) is 6.92 Å². The first-order valence-electron chi connectivity index (χ1n) is 3.65. The molecule has 0 saturated heterocycles. The first kappa shape index (κ1) is 9.84. The van der Waals surface area contributed by atoms with Crippen LogP contribution in [-0.2, 0) is 0 Å². The van der Waals surface area contributed by atoms with Crippen LogP contribution in [-0.4, -0.2) is 30.1 Å². The fourth-order valence-corrected chi connectivity index (χ4v) is 0.608. The minimum absolute atomic E-state index is 0.562. The molecule has 0 aliphatic carbocycles. The number of H-pyrrole nitrogens is 1. The van der Waals surface area contributed by atoms with Gasteiger partial charge in [-0.3, -0.25) is 0 Å². The van der Waals surface area contributed by atoms with Crippen LogP contribution in [0.5, 0.6) is 0 Å². The van der Waals surface area contributed by atoms with Crippen molar-refractivity contribution in [1.29, 1.82) is 0 Å². The second-order valence-electron chi connectivity index (χ2n) is 2.29. The van der Waals surface area contributed by atoms with Crippen molar-refractivity contribution in [1.82, 2.24) is 25.1 Å². The van der Waals surface area contributed by atoms with Gasteiger partial charge in [0.05, 0.1) is 24.3 Å². The molecule has 0 saturated carbocycles. The molecule has 8 nitrogen and oxygen atoms in total. The molecule has 2 rings (SSSR count). The van der Waals surface area contributed by atoms with E-state index in [1.165, 1.54) is 12.4 Å². The summed E-state index contributed by atoms with van der Waals surface area (Å²) in [5, 5.41) is 18.9. The zero-order valence-corrected chi connectivity index (χ0v) is 7.36. The van der Waals surface area contributed by atoms with Crippen molar-refractivity contribution in [2.45, 2.75) is 6.92 Å². The minimum Gasteiger partial charge on any atom is -0.239 e. The molecule has 8 heteroatoms. The number of nitro groups is 1. The fourth-order valence-electron chi connectivity index (χ4n) is 0.608. The van der Waals surface area contributed by atoms with Crippen molar-refractivity contribution in [2.75, 3.05) is 0 Å². The van der Waals surface area contributed by atoms with Gasteiger partial charge >= 0.3 is 0 Å². The summed E-state index contributed by atoms with van der Waals surface area (Å²) in [4.78, 5) is 13.3. The Balaban J connectivity index is 0.000000146. The van der Waals surface area contributed by atoms with Crippen LogP contribution in [0, 0.1) is 17.0 Å². The number of hydrogen-bond donors (Lipinski definition) is 1. The molecule has 74 valence electrons. The molecule has 0 aliphatic rings. The van der Waals surface area contributed by atoms with Crippen LogP contribution in [0.1, 0.15) is 5.69 Å². The smallest absolute Gasteiger partial charge is 0.170 e. The van der Waals surface area contributed by atoms with Gasteiger partial charge in [-0.25, -0.2) is 15.1 Å². The Bertz CT molecular complexity index is 367. The minimum atomic E-state index is -0.562. The molecular formula is C6H8N6O2. The highest BCUT2D eigenvalue weighted by molar-refractivity contribution is 4.82. The average molecular weight is 196 g/mol. The molecule has 0 radical (unpaired) electrons. The van der Waals surface area contributed by atoms with Gasteiger partial charge in [-0.15, -0.1) is 0 Å². The van der Waals surface area contributed by atoms with Crippen molar-refractivity contribution in [2.24, 2.45) is 0 Å². The van der Waals surface area contributed by atoms with E-state index < -0.39 is 5.03 Å². The molecule has 2 aromatic heterocycles. The molecule has 14 heavy (non-hydrogen) atoms. The third-order valence-electron chi connectivity index (χ3n) is 1.21. The molecular weight excluding hydrogens is 188 g/mol. The van der Waals surface area contributed by atoms with Gasteiger partial charge in [0.25, 0.3) is 0 Å². The number of nitrogens with zero attached hydrogens (tertiary/aromatic N) is 5. The lowest BCUT2D eigenvalue weighted by Gasteiger charge is -1.81. The van der Waals surface area contributed by atoms with Crippen molar-refractivity contribution in [3.63, 3.8) is 0 Å². The summed E-state index contributed by atoms with van der Waals surface area (Å²) in [6, 6.07) is 0. The van der Waals surface area contributed by atoms with E-state index in [2.05, 4.69) is 20.4 Å². The predicted molar refractivity (Wildman–Crippen MR) is 45.7 cm³/mol. The summed E-state index contributed by atoms with van der Waals surface area (Å²) in [6.45, 7) is 1.88. The van der Waals surface area contributed by atoms with Crippen LogP contribution < -0.4 is 0 Å². The normalized spacial score (nSPS) is 8.93. The van der Waals surface area contributed by atoms with Crippen molar-refractivity contribution < 1.29 is 5.03 Å². The largest absolute Gasteiger partial charge is 0.239 e. The lowest BCUT2D eigenvalue weighted by atomic mass is 10.6. The van der Waals surface area contributed by atoms with E-state index >= 15 is 0 Å². The Labute approximate surface area is 78.7 Å². The number of aromatic amines is 1. The van der Waals surface area contributed by atoms with Crippen molar-refractivity contribution in [3.8, 4) is 0 Å². The molecule has 2 heterocycles. The molecule has 0 fully saturated rings. The molecule has 0 amide bonds. The van der Waals surface area contributed by atoms with Crippen molar-refractivity contribution in [3.05, 3.63) is 40.7 Å². The van der Waals surface area contributed by atoms with Gasteiger partial charge in [0.2, 0.25) is 0 Å². The van der Waals surface area contributed by atoms with Gasteiger partial charge in [0, 0.05) is 0 Å². The quantitative estimate of drug-likeness (QED) is 0.512. The third-order valence-corrected chi connectivity index (χ3v) is 1.21. The van der Waals surface area contributed by atoms with Crippen LogP contribution >= 0.6 is 0 Å². The van der Waals surface area contributed by atoms with E-state index in [9.17, 15) is 10.1 Å². The number of aromatic nitrogens is 5. The molecule has 0 spiro atoms. The number of nitrogens with one attached hydrogen (secondary N) is 1. The maximum absolute atomic E-state index is 9.79. The molecule has 2 aromatic rings. The summed E-state index contributed by atoms with van der Waals surface area (Å²) < 4.78 is 0.778. The van der Waals surface area contributed by atoms with E-state index in [1.54, 1.807) is 6.20 Å². The Kier molecular flexibility index (Phi) is 3.30. The van der Waals surface area contributed by atoms with E-state index in [-0.39, 0.29) is 0 Å². The summed E-state index contributed by atoms with van der Waals surface area (Å²) >= 11 is 0. The fraction of sp³-hybridized carbons (Fsp3) is 0.167. The summed E-state index contributed by atoms with van der Waals surface area (Å²) in [5.74, 6) is 0. The van der Waals surface area contributed by atoms with E-state index in [4.69, 9.17) is 0 Å². The Morgan fingerprint density at radius 2 is 2.43 bits per heavy atom. The monoisotopic (exact) mass is 196 g/mol. The number of hydrogen-bond acceptors (Lipinski definition) is 5. The highest BCUT2D eigenvalue weighted by atomic mass is 16.7. The summed E-state index contributed by atoms with van der Waals surface area (Å²) in [7, 11) is 0. The van der Waals surface area contributed by atoms with E-state index in [0.29, 0.717) is 0 Å². The standard InChI is InChI=1S/C3H3N3O2.C3H5N3/c7-6(8)5-2-1-4-3-5;1-3-2-4-6-5-3/h1-3H;2H,1H3,(H,4,5,6). The molecule has 0 bridgehead atoms. The molecule has 0 aromatic carbocycles. The second kappa shape index (κ2) is 4.70. The highest BCUT2D eigenvalue weighted by Gasteiger charge is 1.94. The number of imidazole rings is 1. The molecule has 0 unspecified atom stereocenters. The Morgan fingerprint density at radius 3 is 2.64 bits per heavy atom. The molecule has 1 N–H and O–H groups in total. The zero-order valence-electron chi connectivity index (χ0n) is 7.36. The van der Waals surface area contributed by atoms with Crippen LogP contribution in [0.3, 0.4) is 0 Å². The third kappa shape index (κ3) is 3.01. The molecule has 0 atom stereocenters. The van der Waals surface area contributed by atoms with Gasteiger partial charge in [0.1, 0.15) is 0 Å². The molecule has 0 aliphatic heterocycles. The van der Waals surface area contributed by atoms with Crippen LogP contribution in [0.4, 0.5) is 0 Å². The summed E-state index contributed by atoms with van der Waals surface area (Å²) in [5.41, 5.74) is 0.926. The second-order valence-corrected chi connectivity index (χ2v) is 2.29. The van der Waals surface area contributed by atoms with E-state index in [1.807, 2.05) is 6.92 Å². The van der Waals surface area contributed by atoms with E-state index in [0.717, 1.165) is 16.7 Å². The Morgan fingerprint density at radius 1 is 1.64 bits per heavy atom. The first-order valence-corrected chi connectivity index (χ1v) is 3.65. The van der Waals surface area contributed by atoms with Crippen molar-refractivity contribution >= 4 is 0 Å². The highest BCUT2D eigenvalue weighted by Crippen LogP contribution is 1.80. The lowest BCUT2D eigenvalue weighted by Crippen LogP contribution is -2.04. The predicted octanol–water partition coefficient (Wildman–Crippen LogP) is 0.0360. The van der Waals surface area contributed by atoms with Crippen LogP contribution in [0.25, 0.3) is 0 Å². The van der Waals surface area contributed by atoms with Gasteiger partial charge in [-0.1, -0.05) is 4.68 Å². The maximum atomic E-state index is 9.79. The van der Waals surface area contributed by atoms with Crippen LogP contribution in [0.15, 0.2) is 24.9 Å². The summed E-state index contributed by atoms with van der Waals surface area (Å²) in [6.07, 6.45) is 5.41. The number of rotatable bonds is 1.